The average molecular weight is 467 g/mol. The van der Waals surface area contributed by atoms with E-state index in [9.17, 15) is 21.6 Å². The number of piperidine rings is 1. The van der Waals surface area contributed by atoms with Crippen LogP contribution in [0.1, 0.15) is 25.3 Å². The molecule has 0 N–H and O–H groups in total. The molecule has 0 spiro atoms. The van der Waals surface area contributed by atoms with E-state index in [1.54, 1.807) is 24.3 Å². The third-order valence-electron chi connectivity index (χ3n) is 5.49. The SMILES string of the molecule is CC1CCN(S(=O)(=O)c2ccc(-c3csc(-c4ccc(C(F)(F)F)cc4)n3)cc2)CC1. The summed E-state index contributed by atoms with van der Waals surface area (Å²) in [5.74, 6) is 0.539. The van der Waals surface area contributed by atoms with Gasteiger partial charge in [0, 0.05) is 29.6 Å². The molecule has 1 aromatic heterocycles. The van der Waals surface area contributed by atoms with E-state index in [4.69, 9.17) is 0 Å². The van der Waals surface area contributed by atoms with Crippen LogP contribution in [-0.4, -0.2) is 30.8 Å². The standard InChI is InChI=1S/C22H21F3N2O2S2/c1-15-10-12-27(13-11-15)31(28,29)19-8-4-16(5-9-19)20-14-30-21(26-20)17-2-6-18(7-3-17)22(23,24)25/h2-9,14-15H,10-13H2,1H3. The topological polar surface area (TPSA) is 50.3 Å². The summed E-state index contributed by atoms with van der Waals surface area (Å²) in [5, 5.41) is 2.41. The Balaban J connectivity index is 1.52. The predicted octanol–water partition coefficient (Wildman–Crippen LogP) is 5.92. The molecular weight excluding hydrogens is 445 g/mol. The monoisotopic (exact) mass is 466 g/mol. The summed E-state index contributed by atoms with van der Waals surface area (Å²) >= 11 is 1.32. The maximum absolute atomic E-state index is 12.9. The molecule has 1 fully saturated rings. The van der Waals surface area contributed by atoms with Crippen molar-refractivity contribution in [2.24, 2.45) is 5.92 Å². The summed E-state index contributed by atoms with van der Waals surface area (Å²) in [4.78, 5) is 4.76. The molecule has 1 aliphatic rings. The Morgan fingerprint density at radius 3 is 2.13 bits per heavy atom. The van der Waals surface area contributed by atoms with Crippen LogP contribution in [0.25, 0.3) is 21.8 Å². The summed E-state index contributed by atoms with van der Waals surface area (Å²) < 4.78 is 65.5. The molecular formula is C22H21F3N2O2S2. The van der Waals surface area contributed by atoms with Gasteiger partial charge in [0.2, 0.25) is 10.0 Å². The lowest BCUT2D eigenvalue weighted by Crippen LogP contribution is -2.37. The van der Waals surface area contributed by atoms with E-state index in [2.05, 4.69) is 11.9 Å². The lowest BCUT2D eigenvalue weighted by Gasteiger charge is -2.29. The number of aromatic nitrogens is 1. The third kappa shape index (κ3) is 4.68. The molecule has 0 amide bonds. The van der Waals surface area contributed by atoms with Gasteiger partial charge in [-0.1, -0.05) is 31.2 Å². The second kappa shape index (κ2) is 8.37. The Morgan fingerprint density at radius 1 is 0.968 bits per heavy atom. The van der Waals surface area contributed by atoms with Crippen molar-refractivity contribution in [2.45, 2.75) is 30.8 Å². The fourth-order valence-corrected chi connectivity index (χ4v) is 5.82. The van der Waals surface area contributed by atoms with Crippen LogP contribution >= 0.6 is 11.3 Å². The van der Waals surface area contributed by atoms with Crippen molar-refractivity contribution in [3.63, 3.8) is 0 Å². The van der Waals surface area contributed by atoms with E-state index >= 15 is 0 Å². The van der Waals surface area contributed by atoms with Gasteiger partial charge >= 0.3 is 6.18 Å². The number of benzene rings is 2. The van der Waals surface area contributed by atoms with Crippen LogP contribution in [0.5, 0.6) is 0 Å². The average Bonchev–Trinajstić information content (AvgIpc) is 3.24. The summed E-state index contributed by atoms with van der Waals surface area (Å²) in [6, 6.07) is 11.5. The summed E-state index contributed by atoms with van der Waals surface area (Å²) in [7, 11) is -3.51. The predicted molar refractivity (Wildman–Crippen MR) is 115 cm³/mol. The van der Waals surface area contributed by atoms with Gasteiger partial charge in [-0.05, 0) is 43.0 Å². The Morgan fingerprint density at radius 2 is 1.55 bits per heavy atom. The highest BCUT2D eigenvalue weighted by Crippen LogP contribution is 2.33. The molecule has 1 aliphatic heterocycles. The van der Waals surface area contributed by atoms with Crippen molar-refractivity contribution in [3.05, 3.63) is 59.5 Å². The van der Waals surface area contributed by atoms with Gasteiger partial charge in [0.05, 0.1) is 16.2 Å². The first kappa shape index (κ1) is 22.0. The van der Waals surface area contributed by atoms with E-state index in [0.717, 1.165) is 30.5 Å². The lowest BCUT2D eigenvalue weighted by atomic mass is 10.0. The van der Waals surface area contributed by atoms with Crippen LogP contribution in [0.15, 0.2) is 58.8 Å². The number of hydrogen-bond donors (Lipinski definition) is 0. The first-order valence-corrected chi connectivity index (χ1v) is 12.2. The zero-order chi connectivity index (χ0) is 22.2. The summed E-state index contributed by atoms with van der Waals surface area (Å²) in [5.41, 5.74) is 1.30. The second-order valence-corrected chi connectivity index (χ2v) is 10.5. The van der Waals surface area contributed by atoms with Crippen molar-refractivity contribution in [1.29, 1.82) is 0 Å². The Labute approximate surface area is 183 Å². The summed E-state index contributed by atoms with van der Waals surface area (Å²) in [6.07, 6.45) is -2.65. The quantitative estimate of drug-likeness (QED) is 0.480. The van der Waals surface area contributed by atoms with E-state index in [1.165, 1.54) is 27.8 Å². The number of hydrogen-bond acceptors (Lipinski definition) is 4. The van der Waals surface area contributed by atoms with Crippen LogP contribution < -0.4 is 0 Å². The third-order valence-corrected chi connectivity index (χ3v) is 8.30. The zero-order valence-electron chi connectivity index (χ0n) is 16.8. The van der Waals surface area contributed by atoms with E-state index in [0.29, 0.717) is 35.3 Å². The molecule has 0 bridgehead atoms. The highest BCUT2D eigenvalue weighted by atomic mass is 32.2. The number of sulfonamides is 1. The molecule has 2 heterocycles. The van der Waals surface area contributed by atoms with Gasteiger partial charge in [0.25, 0.3) is 0 Å². The maximum Gasteiger partial charge on any atom is 0.416 e. The number of nitrogens with zero attached hydrogens (tertiary/aromatic N) is 2. The minimum absolute atomic E-state index is 0.254. The molecule has 4 rings (SSSR count). The number of halogens is 3. The number of thiazole rings is 1. The van der Waals surface area contributed by atoms with Gasteiger partial charge in [-0.2, -0.15) is 17.5 Å². The van der Waals surface area contributed by atoms with Gasteiger partial charge < -0.3 is 0 Å². The van der Waals surface area contributed by atoms with E-state index in [1.807, 2.05) is 5.38 Å². The van der Waals surface area contributed by atoms with Crippen LogP contribution in [-0.2, 0) is 16.2 Å². The normalized spacial score (nSPS) is 16.5. The Kier molecular flexibility index (Phi) is 5.93. The van der Waals surface area contributed by atoms with E-state index in [-0.39, 0.29) is 4.90 Å². The smallest absolute Gasteiger partial charge is 0.236 e. The van der Waals surface area contributed by atoms with E-state index < -0.39 is 21.8 Å². The maximum atomic E-state index is 12.9. The molecule has 1 saturated heterocycles. The van der Waals surface area contributed by atoms with Gasteiger partial charge in [-0.15, -0.1) is 11.3 Å². The van der Waals surface area contributed by atoms with Gasteiger partial charge in [-0.3, -0.25) is 0 Å². The van der Waals surface area contributed by atoms with Crippen molar-refractivity contribution < 1.29 is 21.6 Å². The zero-order valence-corrected chi connectivity index (χ0v) is 18.4. The first-order chi connectivity index (χ1) is 14.6. The fourth-order valence-electron chi connectivity index (χ4n) is 3.51. The van der Waals surface area contributed by atoms with Gasteiger partial charge in [0.15, 0.2) is 0 Å². The van der Waals surface area contributed by atoms with Gasteiger partial charge in [0.1, 0.15) is 5.01 Å². The van der Waals surface area contributed by atoms with Crippen molar-refractivity contribution in [1.82, 2.24) is 9.29 Å². The fraction of sp³-hybridized carbons (Fsp3) is 0.318. The minimum atomic E-state index is -4.37. The molecule has 2 aromatic carbocycles. The van der Waals surface area contributed by atoms with Crippen LogP contribution in [0.2, 0.25) is 0 Å². The molecule has 4 nitrogen and oxygen atoms in total. The molecule has 31 heavy (non-hydrogen) atoms. The molecule has 9 heteroatoms. The molecule has 0 unspecified atom stereocenters. The van der Waals surface area contributed by atoms with Crippen molar-refractivity contribution in [2.75, 3.05) is 13.1 Å². The van der Waals surface area contributed by atoms with Crippen LogP contribution in [0, 0.1) is 5.92 Å². The molecule has 3 aromatic rings. The van der Waals surface area contributed by atoms with Crippen molar-refractivity contribution in [3.8, 4) is 21.8 Å². The number of alkyl halides is 3. The Hall–Kier alpha value is -2.23. The van der Waals surface area contributed by atoms with Gasteiger partial charge in [-0.25, -0.2) is 13.4 Å². The lowest BCUT2D eigenvalue weighted by molar-refractivity contribution is -0.137. The molecule has 0 radical (unpaired) electrons. The summed E-state index contributed by atoms with van der Waals surface area (Å²) in [6.45, 7) is 3.20. The van der Waals surface area contributed by atoms with Crippen LogP contribution in [0.3, 0.4) is 0 Å². The highest BCUT2D eigenvalue weighted by molar-refractivity contribution is 7.89. The largest absolute Gasteiger partial charge is 0.416 e. The molecule has 0 atom stereocenters. The molecule has 164 valence electrons. The molecule has 0 aliphatic carbocycles. The second-order valence-electron chi connectivity index (χ2n) is 7.72. The van der Waals surface area contributed by atoms with Crippen LogP contribution in [0.4, 0.5) is 13.2 Å². The minimum Gasteiger partial charge on any atom is -0.236 e. The Bertz CT molecular complexity index is 1150. The van der Waals surface area contributed by atoms with Crippen molar-refractivity contribution >= 4 is 21.4 Å². The number of rotatable bonds is 4. The highest BCUT2D eigenvalue weighted by Gasteiger charge is 2.30. The first-order valence-electron chi connectivity index (χ1n) is 9.88. The molecule has 0 saturated carbocycles.